The van der Waals surface area contributed by atoms with Crippen molar-refractivity contribution in [2.45, 2.75) is 89.9 Å². The van der Waals surface area contributed by atoms with E-state index < -0.39 is 11.7 Å². The molecule has 0 aromatic rings. The summed E-state index contributed by atoms with van der Waals surface area (Å²) in [7, 11) is 0. The van der Waals surface area contributed by atoms with Crippen molar-refractivity contribution in [3.8, 4) is 0 Å². The highest BCUT2D eigenvalue weighted by molar-refractivity contribution is 5.72. The maximum atomic E-state index is 12.1. The minimum absolute atomic E-state index is 0.135. The molecular formula is C17H29NO4. The highest BCUT2D eigenvalue weighted by Gasteiger charge is 2.34. The molecule has 2 rings (SSSR count). The number of esters is 1. The molecule has 1 N–H and O–H groups in total. The summed E-state index contributed by atoms with van der Waals surface area (Å²) in [5.74, 6) is 0.442. The lowest BCUT2D eigenvalue weighted by molar-refractivity contribution is -0.142. The van der Waals surface area contributed by atoms with Gasteiger partial charge in [0.1, 0.15) is 11.7 Å². The van der Waals surface area contributed by atoms with E-state index in [4.69, 9.17) is 9.47 Å². The van der Waals surface area contributed by atoms with Gasteiger partial charge in [0.05, 0.1) is 6.04 Å². The second-order valence-electron chi connectivity index (χ2n) is 7.56. The van der Waals surface area contributed by atoms with Crippen LogP contribution in [0.3, 0.4) is 0 Å². The van der Waals surface area contributed by atoms with Gasteiger partial charge in [-0.15, -0.1) is 0 Å². The number of hydrogen-bond donors (Lipinski definition) is 1. The predicted octanol–water partition coefficient (Wildman–Crippen LogP) is 3.56. The van der Waals surface area contributed by atoms with E-state index in [9.17, 15) is 9.59 Å². The Morgan fingerprint density at radius 1 is 1.27 bits per heavy atom. The molecule has 2 aliphatic rings. The number of amides is 1. The summed E-state index contributed by atoms with van der Waals surface area (Å²) >= 11 is 0. The molecule has 1 aliphatic carbocycles. The summed E-state index contributed by atoms with van der Waals surface area (Å²) in [6, 6.07) is -0.135. The van der Waals surface area contributed by atoms with Crippen molar-refractivity contribution < 1.29 is 19.1 Å². The lowest BCUT2D eigenvalue weighted by Crippen LogP contribution is -2.46. The Bertz CT molecular complexity index is 396. The Balaban J connectivity index is 1.94. The first kappa shape index (κ1) is 17.1. The van der Waals surface area contributed by atoms with Crippen LogP contribution in [-0.4, -0.2) is 29.8 Å². The van der Waals surface area contributed by atoms with Crippen molar-refractivity contribution in [1.29, 1.82) is 0 Å². The standard InChI is InChI=1S/C17H29NO4/c1-17(2,3)22-16(20)18-13(14-9-10-15(19)21-14)11-12-7-5-4-6-8-12/h12-14H,4-11H2,1-3H3,(H,18,20)/t13-,14-/m0/s1. The molecule has 1 saturated heterocycles. The molecule has 1 aliphatic heterocycles. The van der Waals surface area contributed by atoms with Gasteiger partial charge in [0.25, 0.3) is 0 Å². The summed E-state index contributed by atoms with van der Waals surface area (Å²) in [4.78, 5) is 23.5. The van der Waals surface area contributed by atoms with Crippen LogP contribution in [0.25, 0.3) is 0 Å². The summed E-state index contributed by atoms with van der Waals surface area (Å²) < 4.78 is 10.7. The summed E-state index contributed by atoms with van der Waals surface area (Å²) in [5.41, 5.74) is -0.522. The quantitative estimate of drug-likeness (QED) is 0.806. The minimum Gasteiger partial charge on any atom is -0.460 e. The Labute approximate surface area is 133 Å². The van der Waals surface area contributed by atoms with Crippen molar-refractivity contribution in [2.75, 3.05) is 0 Å². The molecule has 5 heteroatoms. The van der Waals surface area contributed by atoms with Gasteiger partial charge < -0.3 is 14.8 Å². The second kappa shape index (κ2) is 7.34. The van der Waals surface area contributed by atoms with Crippen LogP contribution in [0.1, 0.15) is 72.1 Å². The molecule has 126 valence electrons. The third-order valence-electron chi connectivity index (χ3n) is 4.38. The number of rotatable bonds is 4. The van der Waals surface area contributed by atoms with Gasteiger partial charge in [0.2, 0.25) is 0 Å². The fraction of sp³-hybridized carbons (Fsp3) is 0.882. The zero-order valence-electron chi connectivity index (χ0n) is 14.0. The molecule has 0 aromatic carbocycles. The topological polar surface area (TPSA) is 64.6 Å². The van der Waals surface area contributed by atoms with Crippen LogP contribution in [0.15, 0.2) is 0 Å². The van der Waals surface area contributed by atoms with Gasteiger partial charge >= 0.3 is 12.1 Å². The van der Waals surface area contributed by atoms with Crippen molar-refractivity contribution >= 4 is 12.1 Å². The molecule has 0 unspecified atom stereocenters. The van der Waals surface area contributed by atoms with Crippen LogP contribution < -0.4 is 5.32 Å². The zero-order valence-corrected chi connectivity index (χ0v) is 14.0. The molecule has 5 nitrogen and oxygen atoms in total. The average molecular weight is 311 g/mol. The maximum Gasteiger partial charge on any atom is 0.408 e. The number of alkyl carbamates (subject to hydrolysis) is 1. The molecular weight excluding hydrogens is 282 g/mol. The SMILES string of the molecule is CC(C)(C)OC(=O)N[C@@H](CC1CCCCC1)[C@@H]1CCC(=O)O1. The van der Waals surface area contributed by atoms with Crippen LogP contribution in [0.4, 0.5) is 4.79 Å². The molecule has 1 saturated carbocycles. The smallest absolute Gasteiger partial charge is 0.408 e. The average Bonchev–Trinajstić information content (AvgIpc) is 2.84. The summed E-state index contributed by atoms with van der Waals surface area (Å²) in [6.45, 7) is 5.54. The van der Waals surface area contributed by atoms with Gasteiger partial charge in [0.15, 0.2) is 0 Å². The predicted molar refractivity (Wildman–Crippen MR) is 83.5 cm³/mol. The van der Waals surface area contributed by atoms with Crippen molar-refractivity contribution in [3.05, 3.63) is 0 Å². The van der Waals surface area contributed by atoms with Crippen LogP contribution in [0, 0.1) is 5.92 Å². The summed E-state index contributed by atoms with van der Waals surface area (Å²) in [6.07, 6.45) is 7.60. The minimum atomic E-state index is -0.522. The highest BCUT2D eigenvalue weighted by atomic mass is 16.6. The molecule has 2 atom stereocenters. The zero-order chi connectivity index (χ0) is 16.2. The van der Waals surface area contributed by atoms with Crippen LogP contribution in [-0.2, 0) is 14.3 Å². The van der Waals surface area contributed by atoms with E-state index in [0.717, 1.165) is 6.42 Å². The Morgan fingerprint density at radius 3 is 2.50 bits per heavy atom. The van der Waals surface area contributed by atoms with E-state index in [1.807, 2.05) is 20.8 Å². The van der Waals surface area contributed by atoms with Gasteiger partial charge in [-0.05, 0) is 39.5 Å². The van der Waals surface area contributed by atoms with Crippen LogP contribution >= 0.6 is 0 Å². The number of hydrogen-bond acceptors (Lipinski definition) is 4. The Morgan fingerprint density at radius 2 is 1.95 bits per heavy atom. The molecule has 2 fully saturated rings. The fourth-order valence-electron chi connectivity index (χ4n) is 3.37. The lowest BCUT2D eigenvalue weighted by Gasteiger charge is -2.30. The van der Waals surface area contributed by atoms with Crippen molar-refractivity contribution in [2.24, 2.45) is 5.92 Å². The first-order valence-corrected chi connectivity index (χ1v) is 8.52. The summed E-state index contributed by atoms with van der Waals surface area (Å²) in [5, 5.41) is 2.94. The highest BCUT2D eigenvalue weighted by Crippen LogP contribution is 2.30. The van der Waals surface area contributed by atoms with Gasteiger partial charge in [-0.3, -0.25) is 4.79 Å². The number of carbonyl (C=O) groups is 2. The number of cyclic esters (lactones) is 1. The van der Waals surface area contributed by atoms with Crippen molar-refractivity contribution in [1.82, 2.24) is 5.32 Å². The molecule has 1 amide bonds. The van der Waals surface area contributed by atoms with Gasteiger partial charge in [-0.25, -0.2) is 4.79 Å². The largest absolute Gasteiger partial charge is 0.460 e. The molecule has 0 bridgehead atoms. The molecule has 0 radical (unpaired) electrons. The normalized spacial score (nSPS) is 24.7. The molecule has 0 spiro atoms. The number of nitrogens with one attached hydrogen (secondary N) is 1. The van der Waals surface area contributed by atoms with Crippen LogP contribution in [0.5, 0.6) is 0 Å². The first-order valence-electron chi connectivity index (χ1n) is 8.52. The fourth-order valence-corrected chi connectivity index (χ4v) is 3.37. The van der Waals surface area contributed by atoms with E-state index in [2.05, 4.69) is 5.32 Å². The lowest BCUT2D eigenvalue weighted by atomic mass is 9.83. The third kappa shape index (κ3) is 5.50. The van der Waals surface area contributed by atoms with Gasteiger partial charge in [0, 0.05) is 6.42 Å². The van der Waals surface area contributed by atoms with Gasteiger partial charge in [-0.2, -0.15) is 0 Å². The first-order chi connectivity index (χ1) is 10.3. The Hall–Kier alpha value is -1.26. The second-order valence-corrected chi connectivity index (χ2v) is 7.56. The van der Waals surface area contributed by atoms with E-state index >= 15 is 0 Å². The van der Waals surface area contributed by atoms with E-state index in [1.165, 1.54) is 32.1 Å². The number of ether oxygens (including phenoxy) is 2. The molecule has 22 heavy (non-hydrogen) atoms. The Kier molecular flexibility index (Phi) is 5.70. The van der Waals surface area contributed by atoms with E-state index in [-0.39, 0.29) is 18.1 Å². The maximum absolute atomic E-state index is 12.1. The molecule has 1 heterocycles. The van der Waals surface area contributed by atoms with E-state index in [0.29, 0.717) is 18.8 Å². The van der Waals surface area contributed by atoms with Gasteiger partial charge in [-0.1, -0.05) is 32.1 Å². The monoisotopic (exact) mass is 311 g/mol. The van der Waals surface area contributed by atoms with E-state index in [1.54, 1.807) is 0 Å². The number of carbonyl (C=O) groups excluding carboxylic acids is 2. The van der Waals surface area contributed by atoms with Crippen molar-refractivity contribution in [3.63, 3.8) is 0 Å². The van der Waals surface area contributed by atoms with Crippen LogP contribution in [0.2, 0.25) is 0 Å². The molecule has 0 aromatic heterocycles. The third-order valence-corrected chi connectivity index (χ3v) is 4.38.